The third-order valence-electron chi connectivity index (χ3n) is 22.0. The highest BCUT2D eigenvalue weighted by Crippen LogP contribution is 2.42. The summed E-state index contributed by atoms with van der Waals surface area (Å²) in [4.78, 5) is 0. The van der Waals surface area contributed by atoms with Gasteiger partial charge in [-0.1, -0.05) is 418 Å². The Morgan fingerprint density at radius 1 is 0.150 bits per heavy atom. The number of rotatable bonds is 0. The Hall–Kier alpha value is -11.9. The molecule has 0 unspecified atom stereocenters. The van der Waals surface area contributed by atoms with Gasteiger partial charge in [-0.15, -0.1) is 16.6 Å². The Morgan fingerprint density at radius 2 is 0.267 bits per heavy atom. The fourth-order valence-electron chi connectivity index (χ4n) is 14.8. The van der Waals surface area contributed by atoms with E-state index in [9.17, 15) is 0 Å². The number of hydrogen-bond donors (Lipinski definition) is 0. The normalized spacial score (nSPS) is 12.0. The van der Waals surface area contributed by atoms with Crippen LogP contribution in [0.3, 0.4) is 0 Å². The van der Waals surface area contributed by atoms with Crippen LogP contribution in [0.4, 0.5) is 0 Å². The van der Waals surface area contributed by atoms with E-state index in [1.807, 2.05) is 0 Å². The second-order valence-corrected chi connectivity index (χ2v) is 56.1. The van der Waals surface area contributed by atoms with Crippen LogP contribution in [0.15, 0.2) is 200 Å². The molecule has 0 fully saturated rings. The molecule has 12 aliphatic rings. The molecule has 13 rings (SSSR count). The lowest BCUT2D eigenvalue weighted by atomic mass is 9.88. The van der Waals surface area contributed by atoms with Crippen LogP contribution in [0, 0.1) is 105 Å². The van der Waals surface area contributed by atoms with Crippen molar-refractivity contribution in [2.45, 2.75) is 216 Å². The first-order valence-electron chi connectivity index (χ1n) is 42.4. The van der Waals surface area contributed by atoms with Gasteiger partial charge in [0.05, 0.1) is 0 Å². The van der Waals surface area contributed by atoms with Gasteiger partial charge in [-0.3, -0.25) is 0 Å². The van der Waals surface area contributed by atoms with Gasteiger partial charge in [-0.05, 0) is 187 Å². The van der Waals surface area contributed by atoms with E-state index in [4.69, 9.17) is 0 Å². The fourth-order valence-corrected chi connectivity index (χ4v) is 16.3. The third-order valence-corrected chi connectivity index (χ3v) is 24.6. The van der Waals surface area contributed by atoms with Crippen LogP contribution >= 0.6 is 0 Å². The summed E-state index contributed by atoms with van der Waals surface area (Å²) in [6.45, 7) is 61.4. The first-order valence-corrected chi connectivity index (χ1v) is 52.9. The minimum Gasteiger partial charge on any atom is -0.127 e. The second kappa shape index (κ2) is 32.7. The zero-order valence-electron chi connectivity index (χ0n) is 76.1. The van der Waals surface area contributed by atoms with Crippen molar-refractivity contribution in [1.82, 2.24) is 0 Å². The fraction of sp³-hybridized carbons (Fsp3) is 0.282. The highest BCUT2D eigenvalue weighted by molar-refractivity contribution is 6.84. The van der Waals surface area contributed by atoms with Crippen molar-refractivity contribution < 1.29 is 0 Å². The lowest BCUT2D eigenvalue weighted by Crippen LogP contribution is -2.16. The Bertz CT molecular complexity index is 6010. The molecule has 0 heterocycles. The molecule has 1 aromatic rings. The monoisotopic (exact) mass is 1600 g/mol. The molecule has 120 heavy (non-hydrogen) atoms. The van der Waals surface area contributed by atoms with E-state index in [-0.39, 0.29) is 32.5 Å². The van der Waals surface area contributed by atoms with Crippen molar-refractivity contribution in [3.05, 3.63) is 317 Å². The molecule has 12 aliphatic carbocycles. The van der Waals surface area contributed by atoms with Gasteiger partial charge in [0.2, 0.25) is 0 Å². The van der Waals surface area contributed by atoms with Gasteiger partial charge in [0, 0.05) is 83.5 Å². The lowest BCUT2D eigenvalue weighted by molar-refractivity contribution is 0.590. The molecule has 0 spiro atoms. The maximum Gasteiger partial charge on any atom is 0.129 e. The molecular weight excluding hydrogens is 1490 g/mol. The van der Waals surface area contributed by atoms with E-state index >= 15 is 0 Å². The summed E-state index contributed by atoms with van der Waals surface area (Å²) in [5.41, 5.74) is 44.4. The molecule has 0 aliphatic heterocycles. The number of fused-ring (bicyclic) bond motifs is 6. The van der Waals surface area contributed by atoms with Crippen LogP contribution in [0.5, 0.6) is 0 Å². The molecule has 594 valence electrons. The van der Waals surface area contributed by atoms with Crippen molar-refractivity contribution >= 4 is 24.2 Å². The van der Waals surface area contributed by atoms with Crippen LogP contribution in [0.25, 0.3) is 66.8 Å². The SMILES string of the molecule is CC(C)(C)c1ccc2c(C#Cc3cc(C#Cc4cc(C#Cc5cc(C#C[Si](C)(C)C)c6ccc(C(C)(C)C)ccc5-6)c5ccc(C(C)(C)C)ccc4-5)cc(C#Cc4cc(C#Cc5cc(C#C[Si](C)(C)C)c6ccc(C(C)(C)C)ccc5-6)c5ccc(C(C)(C)C)ccc4-5)c3)cc(C#Cc3cc(C#C[Si](C)(C)C)c4ccc(C(C)(C)C)ccc3-4)c-2cc1. The molecule has 0 aromatic heterocycles. The zero-order chi connectivity index (χ0) is 86.6. The Kier molecular flexibility index (Phi) is 23.4. The molecule has 0 radical (unpaired) electrons. The van der Waals surface area contributed by atoms with Crippen molar-refractivity contribution in [2.75, 3.05) is 0 Å². The van der Waals surface area contributed by atoms with Gasteiger partial charge in [-0.25, -0.2) is 0 Å². The summed E-state index contributed by atoms with van der Waals surface area (Å²) in [7, 11) is -5.13. The van der Waals surface area contributed by atoms with E-state index in [1.165, 1.54) is 33.4 Å². The van der Waals surface area contributed by atoms with Gasteiger partial charge in [0.15, 0.2) is 0 Å². The predicted octanol–water partition coefficient (Wildman–Crippen LogP) is 28.2. The minimum absolute atomic E-state index is 0.0342. The van der Waals surface area contributed by atoms with E-state index in [2.05, 4.69) is 489 Å². The molecule has 0 bridgehead atoms. The quantitative estimate of drug-likeness (QED) is 0.105. The topological polar surface area (TPSA) is 0 Å². The maximum atomic E-state index is 3.74. The molecule has 1 aromatic carbocycles. The summed E-state index contributed by atoms with van der Waals surface area (Å²) in [5.74, 6) is 55.6. The molecular formula is C117H114Si3. The van der Waals surface area contributed by atoms with Gasteiger partial charge in [0.1, 0.15) is 24.2 Å². The van der Waals surface area contributed by atoms with Crippen molar-refractivity contribution in [1.29, 1.82) is 0 Å². The Morgan fingerprint density at radius 3 is 0.383 bits per heavy atom. The van der Waals surface area contributed by atoms with Gasteiger partial charge in [-0.2, -0.15) is 0 Å². The predicted molar refractivity (Wildman–Crippen MR) is 524 cm³/mol. The highest BCUT2D eigenvalue weighted by atomic mass is 28.3. The third kappa shape index (κ3) is 20.3. The second-order valence-electron chi connectivity index (χ2n) is 41.8. The molecule has 0 nitrogen and oxygen atoms in total. The van der Waals surface area contributed by atoms with Gasteiger partial charge in [0.25, 0.3) is 0 Å². The van der Waals surface area contributed by atoms with Gasteiger partial charge >= 0.3 is 0 Å². The van der Waals surface area contributed by atoms with Crippen LogP contribution in [-0.2, 0) is 32.5 Å². The van der Waals surface area contributed by atoms with Crippen molar-refractivity contribution in [3.8, 4) is 172 Å². The maximum absolute atomic E-state index is 3.74. The van der Waals surface area contributed by atoms with Gasteiger partial charge < -0.3 is 0 Å². The molecule has 0 saturated carbocycles. The molecule has 0 atom stereocenters. The summed E-state index contributed by atoms with van der Waals surface area (Å²) in [6.07, 6.45) is 0. The van der Waals surface area contributed by atoms with Crippen LogP contribution < -0.4 is 0 Å². The van der Waals surface area contributed by atoms with Crippen molar-refractivity contribution in [3.63, 3.8) is 0 Å². The smallest absolute Gasteiger partial charge is 0.127 e. The average Bonchev–Trinajstić information content (AvgIpc) is 1.65. The van der Waals surface area contributed by atoms with E-state index in [0.29, 0.717) is 0 Å². The first-order chi connectivity index (χ1) is 56.1. The van der Waals surface area contributed by atoms with Crippen molar-refractivity contribution in [2.24, 2.45) is 0 Å². The Balaban J connectivity index is 0.997. The number of benzene rings is 1. The van der Waals surface area contributed by atoms with Crippen LogP contribution in [0.2, 0.25) is 58.9 Å². The van der Waals surface area contributed by atoms with E-state index in [1.54, 1.807) is 0 Å². The number of hydrogen-bond acceptors (Lipinski definition) is 0. The summed E-state index contributed by atoms with van der Waals surface area (Å²) >= 11 is 0. The summed E-state index contributed by atoms with van der Waals surface area (Å²) < 4.78 is 0. The summed E-state index contributed by atoms with van der Waals surface area (Å²) in [6, 6.07) is 73.3. The van der Waals surface area contributed by atoms with E-state index in [0.717, 1.165) is 150 Å². The van der Waals surface area contributed by atoms with E-state index < -0.39 is 24.2 Å². The van der Waals surface area contributed by atoms with Crippen LogP contribution in [0.1, 0.15) is 241 Å². The highest BCUT2D eigenvalue weighted by Gasteiger charge is 2.26. The standard InChI is InChI=1S/C117H114Si3/c1-112(2,3)94-40-52-100-82(73-85(103(100)55-43-94)34-37-88-76-91(64-67-118(19,20)21)109-61-49-97(115(10,11)12)46-58-106(88)109)31-28-79-70-80(29-32-83-74-86(104-56-44-95(113(4,5)6)41-53-101(83)104)35-38-89-77-92(65-68-119(22,23)24)110-62-50-98(116(13,14)15)47-59-107(89)110)72-81(71-79)30-33-84-75-87(105-57-45-96(114(7,8)9)42-54-102(84)105)36-39-90-78-93(66-69-120(25,26)27)111-63-51-99(117(16,17)18)48-60-108(90)111/h40-63,70-78H,1-27H3. The molecule has 0 saturated heterocycles. The average molecular weight is 1600 g/mol. The molecule has 0 N–H and O–H groups in total. The first kappa shape index (κ1) is 86.0. The van der Waals surface area contributed by atoms with Crippen LogP contribution in [-0.4, -0.2) is 24.2 Å². The zero-order valence-corrected chi connectivity index (χ0v) is 79.1. The minimum atomic E-state index is -1.71. The molecule has 3 heteroatoms. The Labute approximate surface area is 724 Å². The molecule has 0 amide bonds. The lowest BCUT2D eigenvalue weighted by Gasteiger charge is -2.17. The summed E-state index contributed by atoms with van der Waals surface area (Å²) in [5, 5.41) is 0. The largest absolute Gasteiger partial charge is 0.129 e.